The zero-order chi connectivity index (χ0) is 18.1. The van der Waals surface area contributed by atoms with Crippen LogP contribution >= 0.6 is 0 Å². The summed E-state index contributed by atoms with van der Waals surface area (Å²) < 4.78 is 0. The molecule has 4 rings (SSSR count). The molecule has 0 aromatic heterocycles. The number of amides is 2. The maximum atomic E-state index is 12.8. The van der Waals surface area contributed by atoms with Crippen LogP contribution in [0.2, 0.25) is 0 Å². The van der Waals surface area contributed by atoms with E-state index in [9.17, 15) is 14.4 Å². The van der Waals surface area contributed by atoms with E-state index in [0.717, 1.165) is 24.8 Å². The van der Waals surface area contributed by atoms with Crippen molar-refractivity contribution >= 4 is 17.8 Å². The molecule has 5 heteroatoms. The van der Waals surface area contributed by atoms with Crippen LogP contribution in [-0.2, 0) is 9.63 Å². The summed E-state index contributed by atoms with van der Waals surface area (Å²) in [6.45, 7) is 0. The van der Waals surface area contributed by atoms with Crippen LogP contribution in [0.4, 0.5) is 0 Å². The number of carbonyl (C=O) groups is 3. The van der Waals surface area contributed by atoms with Crippen molar-refractivity contribution in [3.8, 4) is 0 Å². The van der Waals surface area contributed by atoms with Crippen molar-refractivity contribution in [3.63, 3.8) is 0 Å². The average Bonchev–Trinajstić information content (AvgIpc) is 2.94. The maximum Gasteiger partial charge on any atom is 0.336 e. The Kier molecular flexibility index (Phi) is 4.29. The number of hydrogen-bond acceptors (Lipinski definition) is 4. The molecule has 0 saturated heterocycles. The molecule has 0 bridgehead atoms. The second-order valence-corrected chi connectivity index (χ2v) is 6.77. The van der Waals surface area contributed by atoms with Crippen LogP contribution in [0.3, 0.4) is 0 Å². The topological polar surface area (TPSA) is 63.7 Å². The summed E-state index contributed by atoms with van der Waals surface area (Å²) in [4.78, 5) is 42.9. The Morgan fingerprint density at radius 1 is 0.846 bits per heavy atom. The van der Waals surface area contributed by atoms with Crippen LogP contribution in [0.25, 0.3) is 0 Å². The molecule has 2 aromatic rings. The molecular weight excluding hydrogens is 330 g/mol. The lowest BCUT2D eigenvalue weighted by Gasteiger charge is -2.30. The third kappa shape index (κ3) is 2.79. The number of fused-ring (bicyclic) bond motifs is 1. The van der Waals surface area contributed by atoms with Gasteiger partial charge < -0.3 is 4.84 Å². The van der Waals surface area contributed by atoms with Gasteiger partial charge in [0.25, 0.3) is 11.8 Å². The van der Waals surface area contributed by atoms with Crippen molar-refractivity contribution < 1.29 is 19.2 Å². The molecule has 2 aromatic carbocycles. The standard InChI is InChI=1S/C21H19NO4/c23-19-16-11-5-6-12-17(16)20(24)22(19)26-21(25)18-13-7-4-10-15(18)14-8-2-1-3-9-14/h1-3,5-6,8-9,11-12,15,18H,4,7,10,13H2/t15-,18-/m1/s1. The molecule has 1 fully saturated rings. The number of hydroxylamine groups is 2. The van der Waals surface area contributed by atoms with Gasteiger partial charge in [0.05, 0.1) is 17.0 Å². The highest BCUT2D eigenvalue weighted by Crippen LogP contribution is 2.39. The van der Waals surface area contributed by atoms with Gasteiger partial charge in [-0.3, -0.25) is 9.59 Å². The van der Waals surface area contributed by atoms with E-state index in [1.54, 1.807) is 24.3 Å². The lowest BCUT2D eigenvalue weighted by Crippen LogP contribution is -2.37. The van der Waals surface area contributed by atoms with Gasteiger partial charge in [-0.2, -0.15) is 0 Å². The normalized spacial score (nSPS) is 22.2. The van der Waals surface area contributed by atoms with Gasteiger partial charge in [-0.1, -0.05) is 60.4 Å². The summed E-state index contributed by atoms with van der Waals surface area (Å²) in [5.74, 6) is -1.96. The van der Waals surface area contributed by atoms with Crippen LogP contribution in [0.5, 0.6) is 0 Å². The van der Waals surface area contributed by atoms with Crippen LogP contribution < -0.4 is 0 Å². The molecular formula is C21H19NO4. The van der Waals surface area contributed by atoms with E-state index in [1.165, 1.54) is 0 Å². The van der Waals surface area contributed by atoms with E-state index in [4.69, 9.17) is 4.84 Å². The Morgan fingerprint density at radius 2 is 1.42 bits per heavy atom. The van der Waals surface area contributed by atoms with Crippen LogP contribution in [-0.4, -0.2) is 22.8 Å². The molecule has 2 aliphatic rings. The number of imide groups is 1. The highest BCUT2D eigenvalue weighted by molar-refractivity contribution is 6.20. The van der Waals surface area contributed by atoms with Crippen LogP contribution in [0.1, 0.15) is 57.9 Å². The van der Waals surface area contributed by atoms with E-state index < -0.39 is 17.8 Å². The number of nitrogens with zero attached hydrogens (tertiary/aromatic N) is 1. The summed E-state index contributed by atoms with van der Waals surface area (Å²) in [6.07, 6.45) is 3.58. The second-order valence-electron chi connectivity index (χ2n) is 6.77. The van der Waals surface area contributed by atoms with E-state index in [2.05, 4.69) is 0 Å². The predicted molar refractivity (Wildman–Crippen MR) is 94.2 cm³/mol. The van der Waals surface area contributed by atoms with Crippen molar-refractivity contribution in [2.24, 2.45) is 5.92 Å². The molecule has 26 heavy (non-hydrogen) atoms. The van der Waals surface area contributed by atoms with Gasteiger partial charge in [-0.15, -0.1) is 0 Å². The van der Waals surface area contributed by atoms with Crippen LogP contribution in [0, 0.1) is 5.92 Å². The van der Waals surface area contributed by atoms with Crippen molar-refractivity contribution in [1.29, 1.82) is 0 Å². The fourth-order valence-electron chi connectivity index (χ4n) is 3.92. The molecule has 5 nitrogen and oxygen atoms in total. The lowest BCUT2D eigenvalue weighted by molar-refractivity contribution is -0.175. The Balaban J connectivity index is 1.54. The summed E-state index contributed by atoms with van der Waals surface area (Å²) >= 11 is 0. The zero-order valence-electron chi connectivity index (χ0n) is 14.3. The fraction of sp³-hybridized carbons (Fsp3) is 0.286. The van der Waals surface area contributed by atoms with Gasteiger partial charge in [-0.05, 0) is 36.5 Å². The maximum absolute atomic E-state index is 12.8. The smallest absolute Gasteiger partial charge is 0.329 e. The Hall–Kier alpha value is -2.95. The van der Waals surface area contributed by atoms with Gasteiger partial charge in [0.2, 0.25) is 0 Å². The molecule has 1 aliphatic carbocycles. The number of carbonyl (C=O) groups excluding carboxylic acids is 3. The summed E-state index contributed by atoms with van der Waals surface area (Å²) in [5.41, 5.74) is 1.64. The molecule has 1 heterocycles. The number of hydrogen-bond donors (Lipinski definition) is 0. The monoisotopic (exact) mass is 349 g/mol. The van der Waals surface area contributed by atoms with Crippen molar-refractivity contribution in [2.45, 2.75) is 31.6 Å². The zero-order valence-corrected chi connectivity index (χ0v) is 14.3. The molecule has 1 aliphatic heterocycles. The largest absolute Gasteiger partial charge is 0.336 e. The highest BCUT2D eigenvalue weighted by Gasteiger charge is 2.41. The predicted octanol–water partition coefficient (Wildman–Crippen LogP) is 3.71. The number of benzene rings is 2. The van der Waals surface area contributed by atoms with Gasteiger partial charge in [0.15, 0.2) is 0 Å². The lowest BCUT2D eigenvalue weighted by atomic mass is 9.75. The summed E-state index contributed by atoms with van der Waals surface area (Å²) in [5, 5.41) is 0.615. The molecule has 2 atom stereocenters. The molecule has 0 radical (unpaired) electrons. The van der Waals surface area contributed by atoms with Crippen molar-refractivity contribution in [2.75, 3.05) is 0 Å². The molecule has 132 valence electrons. The first kappa shape index (κ1) is 16.5. The van der Waals surface area contributed by atoms with E-state index in [-0.39, 0.29) is 23.0 Å². The number of rotatable bonds is 3. The van der Waals surface area contributed by atoms with Gasteiger partial charge in [-0.25, -0.2) is 4.79 Å². The first-order valence-corrected chi connectivity index (χ1v) is 8.91. The molecule has 1 saturated carbocycles. The van der Waals surface area contributed by atoms with Crippen LogP contribution in [0.15, 0.2) is 54.6 Å². The minimum absolute atomic E-state index is 0.0487. The fourth-order valence-corrected chi connectivity index (χ4v) is 3.92. The Labute approximate surface area is 151 Å². The first-order chi connectivity index (χ1) is 12.7. The third-order valence-corrected chi connectivity index (χ3v) is 5.23. The minimum Gasteiger partial charge on any atom is -0.329 e. The van der Waals surface area contributed by atoms with Crippen molar-refractivity contribution in [1.82, 2.24) is 5.06 Å². The highest BCUT2D eigenvalue weighted by atomic mass is 16.7. The molecule has 0 N–H and O–H groups in total. The van der Waals surface area contributed by atoms with E-state index in [1.807, 2.05) is 30.3 Å². The van der Waals surface area contributed by atoms with E-state index in [0.29, 0.717) is 11.5 Å². The Bertz CT molecular complexity index is 826. The quantitative estimate of drug-likeness (QED) is 0.793. The van der Waals surface area contributed by atoms with Gasteiger partial charge in [0, 0.05) is 0 Å². The third-order valence-electron chi connectivity index (χ3n) is 5.23. The molecule has 2 amide bonds. The first-order valence-electron chi connectivity index (χ1n) is 8.91. The molecule has 0 unspecified atom stereocenters. The Morgan fingerprint density at radius 3 is 2.08 bits per heavy atom. The summed E-state index contributed by atoms with van der Waals surface area (Å²) in [7, 11) is 0. The summed E-state index contributed by atoms with van der Waals surface area (Å²) in [6, 6.07) is 16.4. The van der Waals surface area contributed by atoms with Gasteiger partial charge >= 0.3 is 5.97 Å². The minimum atomic E-state index is -0.578. The molecule has 0 spiro atoms. The SMILES string of the molecule is O=C(ON1C(=O)c2ccccc2C1=O)[C@@H]1CCCC[C@@H]1c1ccccc1. The average molecular weight is 349 g/mol. The van der Waals surface area contributed by atoms with Crippen molar-refractivity contribution in [3.05, 3.63) is 71.3 Å². The van der Waals surface area contributed by atoms with Gasteiger partial charge in [0.1, 0.15) is 0 Å². The second kappa shape index (κ2) is 6.75. The van der Waals surface area contributed by atoms with E-state index >= 15 is 0 Å².